The Bertz CT molecular complexity index is 490. The molecule has 0 heterocycles. The maximum Gasteiger partial charge on any atom is 0.336 e. The smallest absolute Gasteiger partial charge is 0.336 e. The Morgan fingerprint density at radius 2 is 1.76 bits per heavy atom. The van der Waals surface area contributed by atoms with E-state index in [-0.39, 0.29) is 24.1 Å². The Hall–Kier alpha value is -1.61. The van der Waals surface area contributed by atoms with Crippen LogP contribution in [0.5, 0.6) is 0 Å². The fourth-order valence-electron chi connectivity index (χ4n) is 1.83. The number of esters is 1. The second-order valence-corrected chi connectivity index (χ2v) is 6.39. The zero-order valence-corrected chi connectivity index (χ0v) is 13.9. The molecule has 0 atom stereocenters. The van der Waals surface area contributed by atoms with Gasteiger partial charge in [-0.15, -0.1) is 0 Å². The molecule has 0 fully saturated rings. The Kier molecular flexibility index (Phi) is 6.16. The van der Waals surface area contributed by atoms with Gasteiger partial charge < -0.3 is 9.47 Å². The quantitative estimate of drug-likeness (QED) is 0.608. The average molecular weight is 290 g/mol. The summed E-state index contributed by atoms with van der Waals surface area (Å²) in [7, 11) is 1.38. The second kappa shape index (κ2) is 7.41. The van der Waals surface area contributed by atoms with Crippen LogP contribution in [0.15, 0.2) is 29.8 Å². The molecule has 1 aromatic carbocycles. The van der Waals surface area contributed by atoms with Crippen LogP contribution in [-0.2, 0) is 19.7 Å². The standard InChI is InChI=1S/C18H26O3/c1-13(2)21-12-15(17(19)20-6)11-14-7-9-16(10-8-14)18(3,4)5/h7-11,13H,12H2,1-6H3/b15-11+. The Balaban J connectivity index is 2.96. The molecule has 0 spiro atoms. The molecule has 3 nitrogen and oxygen atoms in total. The van der Waals surface area contributed by atoms with Gasteiger partial charge in [0.05, 0.1) is 25.4 Å². The molecule has 0 aromatic heterocycles. The average Bonchev–Trinajstić information content (AvgIpc) is 2.42. The number of methoxy groups -OCH3 is 1. The summed E-state index contributed by atoms with van der Waals surface area (Å²) in [5.74, 6) is -0.351. The lowest BCUT2D eigenvalue weighted by Gasteiger charge is -2.18. The van der Waals surface area contributed by atoms with Crippen LogP contribution in [0.25, 0.3) is 6.08 Å². The summed E-state index contributed by atoms with van der Waals surface area (Å²) in [6.07, 6.45) is 1.89. The number of benzene rings is 1. The molecule has 0 bridgehead atoms. The minimum absolute atomic E-state index is 0.0707. The number of carbonyl (C=O) groups excluding carboxylic acids is 1. The fraction of sp³-hybridized carbons (Fsp3) is 0.500. The van der Waals surface area contributed by atoms with E-state index in [1.54, 1.807) is 0 Å². The third-order valence-corrected chi connectivity index (χ3v) is 3.14. The first-order valence-corrected chi connectivity index (χ1v) is 7.25. The molecule has 0 aliphatic heterocycles. The zero-order valence-electron chi connectivity index (χ0n) is 13.9. The van der Waals surface area contributed by atoms with Crippen molar-refractivity contribution in [3.63, 3.8) is 0 Å². The maximum absolute atomic E-state index is 11.8. The first-order valence-electron chi connectivity index (χ1n) is 7.25. The van der Waals surface area contributed by atoms with Gasteiger partial charge in [0, 0.05) is 0 Å². The van der Waals surface area contributed by atoms with Crippen molar-refractivity contribution in [1.82, 2.24) is 0 Å². The first-order chi connectivity index (χ1) is 9.74. The molecule has 1 rings (SSSR count). The van der Waals surface area contributed by atoms with E-state index in [2.05, 4.69) is 32.9 Å². The molecular weight excluding hydrogens is 264 g/mol. The monoisotopic (exact) mass is 290 g/mol. The van der Waals surface area contributed by atoms with E-state index in [1.165, 1.54) is 12.7 Å². The van der Waals surface area contributed by atoms with Crippen molar-refractivity contribution in [2.45, 2.75) is 46.1 Å². The van der Waals surface area contributed by atoms with Gasteiger partial charge in [0.2, 0.25) is 0 Å². The van der Waals surface area contributed by atoms with Gasteiger partial charge in [-0.05, 0) is 36.5 Å². The predicted molar refractivity (Wildman–Crippen MR) is 86.2 cm³/mol. The van der Waals surface area contributed by atoms with E-state index in [0.717, 1.165) is 5.56 Å². The summed E-state index contributed by atoms with van der Waals surface area (Å²) in [4.78, 5) is 11.8. The van der Waals surface area contributed by atoms with Gasteiger partial charge in [0.25, 0.3) is 0 Å². The number of rotatable bonds is 5. The van der Waals surface area contributed by atoms with Crippen LogP contribution in [0.2, 0.25) is 0 Å². The maximum atomic E-state index is 11.8. The lowest BCUT2D eigenvalue weighted by atomic mass is 9.86. The highest BCUT2D eigenvalue weighted by Crippen LogP contribution is 2.23. The summed E-state index contributed by atoms with van der Waals surface area (Å²) in [5, 5.41) is 0. The van der Waals surface area contributed by atoms with Gasteiger partial charge in [0.1, 0.15) is 0 Å². The Labute approximate surface area is 128 Å². The highest BCUT2D eigenvalue weighted by molar-refractivity contribution is 5.93. The van der Waals surface area contributed by atoms with Crippen LogP contribution in [0.4, 0.5) is 0 Å². The molecule has 0 amide bonds. The topological polar surface area (TPSA) is 35.5 Å². The SMILES string of the molecule is COC(=O)/C(=C/c1ccc(C(C)(C)C)cc1)COC(C)C. The third-order valence-electron chi connectivity index (χ3n) is 3.14. The number of ether oxygens (including phenoxy) is 2. The molecule has 3 heteroatoms. The van der Waals surface area contributed by atoms with E-state index >= 15 is 0 Å². The second-order valence-electron chi connectivity index (χ2n) is 6.39. The first kappa shape index (κ1) is 17.4. The van der Waals surface area contributed by atoms with Crippen molar-refractivity contribution in [3.05, 3.63) is 41.0 Å². The molecule has 0 saturated carbocycles. The van der Waals surface area contributed by atoms with E-state index in [0.29, 0.717) is 5.57 Å². The molecule has 21 heavy (non-hydrogen) atoms. The van der Waals surface area contributed by atoms with Crippen LogP contribution in [0.3, 0.4) is 0 Å². The highest BCUT2D eigenvalue weighted by Gasteiger charge is 2.14. The molecule has 0 unspecified atom stereocenters. The summed E-state index contributed by atoms with van der Waals surface area (Å²) >= 11 is 0. The van der Waals surface area contributed by atoms with E-state index in [9.17, 15) is 4.79 Å². The minimum atomic E-state index is -0.351. The lowest BCUT2D eigenvalue weighted by Crippen LogP contribution is -2.14. The van der Waals surface area contributed by atoms with Gasteiger partial charge in [0.15, 0.2) is 0 Å². The van der Waals surface area contributed by atoms with Gasteiger partial charge in [-0.3, -0.25) is 0 Å². The van der Waals surface area contributed by atoms with Gasteiger partial charge >= 0.3 is 5.97 Å². The van der Waals surface area contributed by atoms with Gasteiger partial charge in [-0.2, -0.15) is 0 Å². The zero-order chi connectivity index (χ0) is 16.0. The Morgan fingerprint density at radius 1 is 1.19 bits per heavy atom. The molecule has 0 radical (unpaired) electrons. The summed E-state index contributed by atoms with van der Waals surface area (Å²) in [5.41, 5.74) is 2.87. The fourth-order valence-corrected chi connectivity index (χ4v) is 1.83. The van der Waals surface area contributed by atoms with E-state index in [4.69, 9.17) is 9.47 Å². The molecule has 0 aliphatic carbocycles. The molecule has 0 aliphatic rings. The largest absolute Gasteiger partial charge is 0.466 e. The lowest BCUT2D eigenvalue weighted by molar-refractivity contribution is -0.136. The highest BCUT2D eigenvalue weighted by atomic mass is 16.5. The molecular formula is C18H26O3. The van der Waals surface area contributed by atoms with Crippen LogP contribution < -0.4 is 0 Å². The molecule has 116 valence electrons. The van der Waals surface area contributed by atoms with Gasteiger partial charge in [-0.25, -0.2) is 4.79 Å². The van der Waals surface area contributed by atoms with Crippen molar-refractivity contribution >= 4 is 12.0 Å². The number of hydrogen-bond acceptors (Lipinski definition) is 3. The number of carbonyl (C=O) groups is 1. The predicted octanol–water partition coefficient (Wildman–Crippen LogP) is 3.97. The van der Waals surface area contributed by atoms with Crippen LogP contribution in [0, 0.1) is 0 Å². The van der Waals surface area contributed by atoms with E-state index in [1.807, 2.05) is 32.1 Å². The van der Waals surface area contributed by atoms with Crippen molar-refractivity contribution in [2.75, 3.05) is 13.7 Å². The number of hydrogen-bond donors (Lipinski definition) is 0. The van der Waals surface area contributed by atoms with Crippen molar-refractivity contribution < 1.29 is 14.3 Å². The normalized spacial score (nSPS) is 12.6. The van der Waals surface area contributed by atoms with Crippen LogP contribution >= 0.6 is 0 Å². The summed E-state index contributed by atoms with van der Waals surface area (Å²) < 4.78 is 10.3. The summed E-state index contributed by atoms with van der Waals surface area (Å²) in [6.45, 7) is 10.7. The van der Waals surface area contributed by atoms with Crippen molar-refractivity contribution in [2.24, 2.45) is 0 Å². The Morgan fingerprint density at radius 3 is 2.19 bits per heavy atom. The van der Waals surface area contributed by atoms with Gasteiger partial charge in [-0.1, -0.05) is 45.0 Å². The molecule has 1 aromatic rings. The third kappa shape index (κ3) is 5.72. The van der Waals surface area contributed by atoms with Crippen molar-refractivity contribution in [1.29, 1.82) is 0 Å². The van der Waals surface area contributed by atoms with Crippen LogP contribution in [0.1, 0.15) is 45.7 Å². The summed E-state index contributed by atoms with van der Waals surface area (Å²) in [6, 6.07) is 8.20. The van der Waals surface area contributed by atoms with E-state index < -0.39 is 0 Å². The minimum Gasteiger partial charge on any atom is -0.466 e. The van der Waals surface area contributed by atoms with Crippen LogP contribution in [-0.4, -0.2) is 25.8 Å². The van der Waals surface area contributed by atoms with Crippen molar-refractivity contribution in [3.8, 4) is 0 Å². The molecule has 0 saturated heterocycles. The molecule has 0 N–H and O–H groups in total.